The molecule has 4 aromatic rings. The number of amides is 1. The second-order valence-electron chi connectivity index (χ2n) is 8.31. The topological polar surface area (TPSA) is 55.2 Å². The number of benzene rings is 3. The molecule has 0 saturated carbocycles. The summed E-state index contributed by atoms with van der Waals surface area (Å²) in [5.74, 6) is 0.348. The van der Waals surface area contributed by atoms with Crippen LogP contribution in [0.3, 0.4) is 0 Å². The molecule has 1 aliphatic heterocycles. The molecule has 1 amide bonds. The summed E-state index contributed by atoms with van der Waals surface area (Å²) < 4.78 is 1.59. The van der Waals surface area contributed by atoms with Crippen LogP contribution in [-0.4, -0.2) is 21.5 Å². The Kier molecular flexibility index (Phi) is 4.74. The van der Waals surface area contributed by atoms with Gasteiger partial charge in [0.25, 0.3) is 11.5 Å². The van der Waals surface area contributed by atoms with Crippen LogP contribution in [0.1, 0.15) is 30.8 Å². The molecule has 0 unspecified atom stereocenters. The van der Waals surface area contributed by atoms with E-state index in [1.54, 1.807) is 21.6 Å². The van der Waals surface area contributed by atoms with Crippen molar-refractivity contribution in [3.63, 3.8) is 0 Å². The zero-order valence-corrected chi connectivity index (χ0v) is 18.2. The molecule has 1 aromatic heterocycles. The molecular formula is C27H23N3O2. The van der Waals surface area contributed by atoms with Gasteiger partial charge in [0.05, 0.1) is 27.9 Å². The summed E-state index contributed by atoms with van der Waals surface area (Å²) in [4.78, 5) is 33.5. The standard InChI is InChI=1S/C27H23N3O2/c1-17(2)29-24-11-7-5-8-20(24)22(27(29)32)16-25-28-23-10-6-4-9-21(23)26(31)30(25)19-14-12-18(3)13-15-19/h4-17H,1-3H3. The average Bonchev–Trinajstić information content (AvgIpc) is 3.06. The van der Waals surface area contributed by atoms with Gasteiger partial charge in [0.15, 0.2) is 0 Å². The molecule has 1 aliphatic rings. The van der Waals surface area contributed by atoms with Crippen molar-refractivity contribution in [2.75, 3.05) is 4.90 Å². The molecule has 0 radical (unpaired) electrons. The van der Waals surface area contributed by atoms with Crippen LogP contribution in [0, 0.1) is 6.92 Å². The number of anilines is 1. The van der Waals surface area contributed by atoms with Crippen LogP contribution >= 0.6 is 0 Å². The van der Waals surface area contributed by atoms with Crippen molar-refractivity contribution in [3.8, 4) is 5.69 Å². The molecule has 2 heterocycles. The van der Waals surface area contributed by atoms with E-state index < -0.39 is 0 Å². The number of rotatable bonds is 3. The Balaban J connectivity index is 1.80. The highest BCUT2D eigenvalue weighted by atomic mass is 16.2. The monoisotopic (exact) mass is 421 g/mol. The lowest BCUT2D eigenvalue weighted by Crippen LogP contribution is -2.33. The summed E-state index contributed by atoms with van der Waals surface area (Å²) >= 11 is 0. The SMILES string of the molecule is Cc1ccc(-n2c(C=C3C(=O)N(C(C)C)c4ccccc43)nc3ccccc3c2=O)cc1. The van der Waals surface area contributed by atoms with Gasteiger partial charge in [-0.1, -0.05) is 48.0 Å². The minimum absolute atomic E-state index is 0.0124. The van der Waals surface area contributed by atoms with E-state index in [0.717, 1.165) is 16.8 Å². The fraction of sp³-hybridized carbons (Fsp3) is 0.148. The van der Waals surface area contributed by atoms with Gasteiger partial charge in [-0.3, -0.25) is 14.2 Å². The zero-order valence-electron chi connectivity index (χ0n) is 18.2. The first-order chi connectivity index (χ1) is 15.5. The normalized spacial score (nSPS) is 14.6. The highest BCUT2D eigenvalue weighted by Gasteiger charge is 2.34. The zero-order chi connectivity index (χ0) is 22.4. The van der Waals surface area contributed by atoms with E-state index in [4.69, 9.17) is 4.98 Å². The van der Waals surface area contributed by atoms with Crippen molar-refractivity contribution in [1.82, 2.24) is 9.55 Å². The molecule has 3 aromatic carbocycles. The number of fused-ring (bicyclic) bond motifs is 2. The number of carbonyl (C=O) groups is 1. The van der Waals surface area contributed by atoms with Crippen LogP contribution in [-0.2, 0) is 4.79 Å². The number of aryl methyl sites for hydroxylation is 1. The van der Waals surface area contributed by atoms with Gasteiger partial charge in [-0.05, 0) is 57.2 Å². The van der Waals surface area contributed by atoms with Gasteiger partial charge in [0, 0.05) is 11.6 Å². The summed E-state index contributed by atoms with van der Waals surface area (Å²) in [5.41, 5.74) is 4.52. The van der Waals surface area contributed by atoms with Gasteiger partial charge >= 0.3 is 0 Å². The molecule has 0 fully saturated rings. The van der Waals surface area contributed by atoms with Crippen LogP contribution in [0.5, 0.6) is 0 Å². The highest BCUT2D eigenvalue weighted by Crippen LogP contribution is 2.38. The Morgan fingerprint density at radius 2 is 1.56 bits per heavy atom. The molecule has 0 aliphatic carbocycles. The molecule has 0 atom stereocenters. The van der Waals surface area contributed by atoms with Gasteiger partial charge < -0.3 is 4.90 Å². The third-order valence-electron chi connectivity index (χ3n) is 5.79. The van der Waals surface area contributed by atoms with Crippen molar-refractivity contribution in [1.29, 1.82) is 0 Å². The Labute approximate surface area is 186 Å². The van der Waals surface area contributed by atoms with E-state index in [9.17, 15) is 9.59 Å². The van der Waals surface area contributed by atoms with Crippen LogP contribution in [0.15, 0.2) is 77.6 Å². The van der Waals surface area contributed by atoms with Gasteiger partial charge in [-0.25, -0.2) is 4.98 Å². The maximum atomic E-state index is 13.5. The predicted molar refractivity (Wildman–Crippen MR) is 129 cm³/mol. The first-order valence-corrected chi connectivity index (χ1v) is 10.7. The van der Waals surface area contributed by atoms with Crippen molar-refractivity contribution in [2.45, 2.75) is 26.8 Å². The number of hydrogen-bond donors (Lipinski definition) is 0. The average molecular weight is 422 g/mol. The number of aromatic nitrogens is 2. The van der Waals surface area contributed by atoms with Gasteiger partial charge in [-0.2, -0.15) is 0 Å². The molecule has 0 N–H and O–H groups in total. The number of nitrogens with zero attached hydrogens (tertiary/aromatic N) is 3. The summed E-state index contributed by atoms with van der Waals surface area (Å²) in [6.45, 7) is 5.99. The van der Waals surface area contributed by atoms with Gasteiger partial charge in [-0.15, -0.1) is 0 Å². The van der Waals surface area contributed by atoms with E-state index in [-0.39, 0.29) is 17.5 Å². The van der Waals surface area contributed by atoms with Crippen LogP contribution in [0.2, 0.25) is 0 Å². The third kappa shape index (κ3) is 3.14. The van der Waals surface area contributed by atoms with E-state index in [0.29, 0.717) is 28.0 Å². The lowest BCUT2D eigenvalue weighted by molar-refractivity contribution is -0.113. The number of hydrogen-bond acceptors (Lipinski definition) is 3. The lowest BCUT2D eigenvalue weighted by Gasteiger charge is -2.21. The van der Waals surface area contributed by atoms with E-state index in [2.05, 4.69) is 0 Å². The maximum Gasteiger partial charge on any atom is 0.266 e. The number of para-hydroxylation sites is 2. The van der Waals surface area contributed by atoms with Crippen molar-refractivity contribution in [3.05, 3.63) is 100 Å². The maximum absolute atomic E-state index is 13.5. The number of carbonyl (C=O) groups excluding carboxylic acids is 1. The second kappa shape index (κ2) is 7.61. The van der Waals surface area contributed by atoms with Crippen molar-refractivity contribution in [2.24, 2.45) is 0 Å². The second-order valence-corrected chi connectivity index (χ2v) is 8.31. The predicted octanol–water partition coefficient (Wildman–Crippen LogP) is 4.99. The Morgan fingerprint density at radius 3 is 2.31 bits per heavy atom. The molecule has 5 heteroatoms. The van der Waals surface area contributed by atoms with Crippen LogP contribution in [0.25, 0.3) is 28.2 Å². The Morgan fingerprint density at radius 1 is 0.875 bits per heavy atom. The van der Waals surface area contributed by atoms with Crippen molar-refractivity contribution < 1.29 is 4.79 Å². The van der Waals surface area contributed by atoms with Crippen LogP contribution in [0.4, 0.5) is 5.69 Å². The quantitative estimate of drug-likeness (QED) is 0.438. The lowest BCUT2D eigenvalue weighted by atomic mass is 10.1. The summed E-state index contributed by atoms with van der Waals surface area (Å²) in [6.07, 6.45) is 1.75. The fourth-order valence-corrected chi connectivity index (χ4v) is 4.24. The summed E-state index contributed by atoms with van der Waals surface area (Å²) in [5, 5.41) is 0.539. The molecule has 0 saturated heterocycles. The van der Waals surface area contributed by atoms with Crippen molar-refractivity contribution >= 4 is 34.1 Å². The molecule has 5 nitrogen and oxygen atoms in total. The highest BCUT2D eigenvalue weighted by molar-refractivity contribution is 6.35. The van der Waals surface area contributed by atoms with Crippen LogP contribution < -0.4 is 10.5 Å². The van der Waals surface area contributed by atoms with E-state index in [1.165, 1.54) is 0 Å². The van der Waals surface area contributed by atoms with E-state index in [1.807, 2.05) is 87.5 Å². The minimum atomic E-state index is -0.161. The molecule has 0 spiro atoms. The molecule has 0 bridgehead atoms. The minimum Gasteiger partial charge on any atom is -0.305 e. The largest absolute Gasteiger partial charge is 0.305 e. The first kappa shape index (κ1) is 19.9. The first-order valence-electron chi connectivity index (χ1n) is 10.7. The summed E-state index contributed by atoms with van der Waals surface area (Å²) in [6, 6.07) is 22.8. The Bertz CT molecular complexity index is 1450. The van der Waals surface area contributed by atoms with E-state index >= 15 is 0 Å². The van der Waals surface area contributed by atoms with Gasteiger partial charge in [0.1, 0.15) is 5.82 Å². The van der Waals surface area contributed by atoms with Gasteiger partial charge in [0.2, 0.25) is 0 Å². The molecule has 158 valence electrons. The smallest absolute Gasteiger partial charge is 0.266 e. The molecule has 32 heavy (non-hydrogen) atoms. The Hall–Kier alpha value is -3.99. The third-order valence-corrected chi connectivity index (χ3v) is 5.79. The molecular weight excluding hydrogens is 398 g/mol. The molecule has 5 rings (SSSR count). The fourth-order valence-electron chi connectivity index (χ4n) is 4.24. The summed E-state index contributed by atoms with van der Waals surface area (Å²) in [7, 11) is 0.